The van der Waals surface area contributed by atoms with Gasteiger partial charge in [0.15, 0.2) is 9.84 Å². The summed E-state index contributed by atoms with van der Waals surface area (Å²) in [5.74, 6) is -0.490. The molecule has 0 saturated carbocycles. The third-order valence-corrected chi connectivity index (χ3v) is 6.32. The molecule has 1 N–H and O–H groups in total. The molecule has 1 aliphatic heterocycles. The number of carbonyl (C=O) groups excluding carboxylic acids is 2. The number of amides is 1. The predicted octanol–water partition coefficient (Wildman–Crippen LogP) is 2.79. The number of sulfone groups is 1. The molecule has 1 aliphatic rings. The average molecular weight is 416 g/mol. The van der Waals surface area contributed by atoms with E-state index in [1.54, 1.807) is 31.2 Å². The summed E-state index contributed by atoms with van der Waals surface area (Å²) in [4.78, 5) is 24.1. The molecular weight excluding hydrogens is 390 g/mol. The molecule has 1 heterocycles. The summed E-state index contributed by atoms with van der Waals surface area (Å²) in [6.07, 6.45) is 2.22. The standard InChI is InChI=1S/C22H25NO5S/c1-4-14(2)21(24)22(25)23-13-18-12-17-11-16(7-10-20(17)28-18)15-5-8-19(9-6-15)29(3,26)27/h5-11,14,18H,4,12-13H2,1-3H3,(H,23,25). The lowest BCUT2D eigenvalue weighted by atomic mass is 10.0. The number of fused-ring (bicyclic) bond motifs is 1. The number of hydrogen-bond donors (Lipinski definition) is 1. The van der Waals surface area contributed by atoms with Crippen LogP contribution in [-0.4, -0.2) is 39.0 Å². The third kappa shape index (κ3) is 4.85. The molecule has 2 unspecified atom stereocenters. The molecule has 2 aromatic rings. The van der Waals surface area contributed by atoms with Crippen LogP contribution in [0.2, 0.25) is 0 Å². The summed E-state index contributed by atoms with van der Waals surface area (Å²) in [6.45, 7) is 3.89. The van der Waals surface area contributed by atoms with Crippen LogP contribution in [0.15, 0.2) is 47.4 Å². The Hall–Kier alpha value is -2.67. The van der Waals surface area contributed by atoms with Gasteiger partial charge in [0.2, 0.25) is 5.78 Å². The maximum absolute atomic E-state index is 12.0. The SMILES string of the molecule is CCC(C)C(=O)C(=O)NCC1Cc2cc(-c3ccc(S(C)(=O)=O)cc3)ccc2O1. The van der Waals surface area contributed by atoms with Gasteiger partial charge >= 0.3 is 0 Å². The van der Waals surface area contributed by atoms with E-state index in [1.165, 1.54) is 6.26 Å². The quantitative estimate of drug-likeness (QED) is 0.703. The smallest absolute Gasteiger partial charge is 0.287 e. The van der Waals surface area contributed by atoms with Crippen molar-refractivity contribution >= 4 is 21.5 Å². The Labute approximate surface area is 171 Å². The first-order valence-electron chi connectivity index (χ1n) is 9.61. The Bertz CT molecular complexity index is 1030. The summed E-state index contributed by atoms with van der Waals surface area (Å²) < 4.78 is 29.1. The van der Waals surface area contributed by atoms with Crippen LogP contribution >= 0.6 is 0 Å². The normalized spacial score (nSPS) is 16.6. The zero-order chi connectivity index (χ0) is 21.2. The number of ketones is 1. The Morgan fingerprint density at radius 3 is 2.41 bits per heavy atom. The van der Waals surface area contributed by atoms with E-state index in [1.807, 2.05) is 25.1 Å². The lowest BCUT2D eigenvalue weighted by Gasteiger charge is -2.12. The van der Waals surface area contributed by atoms with Gasteiger partial charge < -0.3 is 10.1 Å². The van der Waals surface area contributed by atoms with Gasteiger partial charge in [-0.2, -0.15) is 0 Å². The van der Waals surface area contributed by atoms with Gasteiger partial charge in [-0.05, 0) is 47.4 Å². The second-order valence-corrected chi connectivity index (χ2v) is 9.46. The molecule has 29 heavy (non-hydrogen) atoms. The van der Waals surface area contributed by atoms with Crippen molar-refractivity contribution in [2.24, 2.45) is 5.92 Å². The topological polar surface area (TPSA) is 89.5 Å². The van der Waals surface area contributed by atoms with E-state index in [2.05, 4.69) is 5.32 Å². The van der Waals surface area contributed by atoms with Crippen molar-refractivity contribution in [2.75, 3.05) is 12.8 Å². The fraction of sp³-hybridized carbons (Fsp3) is 0.364. The molecule has 2 aromatic carbocycles. The first-order valence-corrected chi connectivity index (χ1v) is 11.5. The third-order valence-electron chi connectivity index (χ3n) is 5.19. The van der Waals surface area contributed by atoms with E-state index >= 15 is 0 Å². The summed E-state index contributed by atoms with van der Waals surface area (Å²) >= 11 is 0. The van der Waals surface area contributed by atoms with Gasteiger partial charge in [-0.1, -0.05) is 32.0 Å². The zero-order valence-corrected chi connectivity index (χ0v) is 17.6. The number of Topliss-reactive ketones (excluding diaryl/α,β-unsaturated/α-hetero) is 1. The summed E-state index contributed by atoms with van der Waals surface area (Å²) in [6, 6.07) is 12.6. The monoisotopic (exact) mass is 415 g/mol. The lowest BCUT2D eigenvalue weighted by molar-refractivity contribution is -0.140. The number of nitrogens with one attached hydrogen (secondary N) is 1. The van der Waals surface area contributed by atoms with Crippen LogP contribution in [0.4, 0.5) is 0 Å². The van der Waals surface area contributed by atoms with Crippen LogP contribution in [0.5, 0.6) is 5.75 Å². The molecule has 0 spiro atoms. The van der Waals surface area contributed by atoms with Crippen LogP contribution in [0.1, 0.15) is 25.8 Å². The number of benzene rings is 2. The molecule has 0 radical (unpaired) electrons. The van der Waals surface area contributed by atoms with Crippen molar-refractivity contribution in [3.05, 3.63) is 48.0 Å². The van der Waals surface area contributed by atoms with Crippen LogP contribution in [0.3, 0.4) is 0 Å². The van der Waals surface area contributed by atoms with Gasteiger partial charge in [0.05, 0.1) is 11.4 Å². The molecule has 1 amide bonds. The molecule has 7 heteroatoms. The molecule has 0 fully saturated rings. The van der Waals surface area contributed by atoms with Gasteiger partial charge in [0.1, 0.15) is 11.9 Å². The Kier molecular flexibility index (Phi) is 6.07. The lowest BCUT2D eigenvalue weighted by Crippen LogP contribution is -2.40. The molecule has 154 valence electrons. The van der Waals surface area contributed by atoms with E-state index in [0.717, 1.165) is 22.4 Å². The highest BCUT2D eigenvalue weighted by atomic mass is 32.2. The second-order valence-electron chi connectivity index (χ2n) is 7.45. The van der Waals surface area contributed by atoms with Crippen LogP contribution < -0.4 is 10.1 Å². The van der Waals surface area contributed by atoms with Crippen molar-refractivity contribution in [3.63, 3.8) is 0 Å². The highest BCUT2D eigenvalue weighted by Crippen LogP contribution is 2.33. The Morgan fingerprint density at radius 2 is 1.79 bits per heavy atom. The molecule has 0 bridgehead atoms. The van der Waals surface area contributed by atoms with Crippen molar-refractivity contribution in [3.8, 4) is 16.9 Å². The Morgan fingerprint density at radius 1 is 1.14 bits per heavy atom. The van der Waals surface area contributed by atoms with E-state index in [9.17, 15) is 18.0 Å². The van der Waals surface area contributed by atoms with Gasteiger partial charge in [0.25, 0.3) is 5.91 Å². The Balaban J connectivity index is 1.65. The van der Waals surface area contributed by atoms with E-state index in [0.29, 0.717) is 12.8 Å². The van der Waals surface area contributed by atoms with Gasteiger partial charge in [0, 0.05) is 18.6 Å². The molecule has 0 aromatic heterocycles. The van der Waals surface area contributed by atoms with Crippen molar-refractivity contribution in [2.45, 2.75) is 37.7 Å². The highest BCUT2D eigenvalue weighted by Gasteiger charge is 2.26. The summed E-state index contributed by atoms with van der Waals surface area (Å²) in [5, 5.41) is 2.67. The number of hydrogen-bond acceptors (Lipinski definition) is 5. The average Bonchev–Trinajstić information content (AvgIpc) is 3.12. The van der Waals surface area contributed by atoms with Gasteiger partial charge in [-0.25, -0.2) is 8.42 Å². The molecule has 6 nitrogen and oxygen atoms in total. The minimum Gasteiger partial charge on any atom is -0.488 e. The zero-order valence-electron chi connectivity index (χ0n) is 16.8. The minimum absolute atomic E-state index is 0.221. The van der Waals surface area contributed by atoms with Crippen LogP contribution in [-0.2, 0) is 25.8 Å². The van der Waals surface area contributed by atoms with Crippen molar-refractivity contribution in [1.82, 2.24) is 5.32 Å². The number of carbonyl (C=O) groups is 2. The van der Waals surface area contributed by atoms with E-state index in [4.69, 9.17) is 4.74 Å². The molecule has 2 atom stereocenters. The van der Waals surface area contributed by atoms with Gasteiger partial charge in [-0.3, -0.25) is 9.59 Å². The van der Waals surface area contributed by atoms with Crippen molar-refractivity contribution in [1.29, 1.82) is 0 Å². The predicted molar refractivity (Wildman–Crippen MR) is 111 cm³/mol. The molecule has 0 saturated heterocycles. The fourth-order valence-electron chi connectivity index (χ4n) is 3.21. The highest BCUT2D eigenvalue weighted by molar-refractivity contribution is 7.90. The largest absolute Gasteiger partial charge is 0.488 e. The summed E-state index contributed by atoms with van der Waals surface area (Å²) in [5.41, 5.74) is 2.89. The van der Waals surface area contributed by atoms with E-state index < -0.39 is 21.5 Å². The minimum atomic E-state index is -3.22. The van der Waals surface area contributed by atoms with Gasteiger partial charge in [-0.15, -0.1) is 0 Å². The first-order chi connectivity index (χ1) is 13.7. The second kappa shape index (κ2) is 8.37. The maximum Gasteiger partial charge on any atom is 0.287 e. The molecule has 3 rings (SSSR count). The van der Waals surface area contributed by atoms with Crippen molar-refractivity contribution < 1.29 is 22.7 Å². The fourth-order valence-corrected chi connectivity index (χ4v) is 3.84. The van der Waals surface area contributed by atoms with Crippen LogP contribution in [0.25, 0.3) is 11.1 Å². The first kappa shape index (κ1) is 21.0. The summed E-state index contributed by atoms with van der Waals surface area (Å²) in [7, 11) is -3.22. The number of ether oxygens (including phenoxy) is 1. The maximum atomic E-state index is 12.0. The van der Waals surface area contributed by atoms with E-state index in [-0.39, 0.29) is 23.5 Å². The van der Waals surface area contributed by atoms with Crippen LogP contribution in [0, 0.1) is 5.92 Å². The molecular formula is C22H25NO5S. The number of rotatable bonds is 7. The molecule has 0 aliphatic carbocycles.